The lowest BCUT2D eigenvalue weighted by molar-refractivity contribution is -0.384. The Morgan fingerprint density at radius 2 is 1.85 bits per heavy atom. The maximum atomic E-state index is 13.2. The number of hydrogen-bond acceptors (Lipinski definition) is 5. The number of rotatable bonds is 12. The molecular formula is C23H27Cl2N3O4S. The van der Waals surface area contributed by atoms with Crippen molar-refractivity contribution in [2.45, 2.75) is 45.0 Å². The molecule has 1 N–H and O–H groups in total. The van der Waals surface area contributed by atoms with Crippen LogP contribution in [0.4, 0.5) is 5.69 Å². The van der Waals surface area contributed by atoms with Crippen molar-refractivity contribution in [3.8, 4) is 0 Å². The second kappa shape index (κ2) is 13.4. The van der Waals surface area contributed by atoms with Gasteiger partial charge in [-0.05, 0) is 36.1 Å². The molecule has 10 heteroatoms. The minimum atomic E-state index is -0.629. The van der Waals surface area contributed by atoms with Gasteiger partial charge in [-0.3, -0.25) is 19.7 Å². The number of hydrogen-bond donors (Lipinski definition) is 1. The number of nitrogens with one attached hydrogen (secondary N) is 1. The lowest BCUT2D eigenvalue weighted by Gasteiger charge is -2.31. The third kappa shape index (κ3) is 8.21. The molecule has 0 radical (unpaired) electrons. The summed E-state index contributed by atoms with van der Waals surface area (Å²) in [6, 6.07) is 10.7. The van der Waals surface area contributed by atoms with Crippen LogP contribution in [0.25, 0.3) is 0 Å². The van der Waals surface area contributed by atoms with Crippen LogP contribution in [0.1, 0.15) is 37.8 Å². The Labute approximate surface area is 208 Å². The van der Waals surface area contributed by atoms with E-state index in [4.69, 9.17) is 23.2 Å². The molecule has 0 spiro atoms. The van der Waals surface area contributed by atoms with Crippen molar-refractivity contribution in [1.82, 2.24) is 10.2 Å². The van der Waals surface area contributed by atoms with E-state index in [1.165, 1.54) is 23.9 Å². The Hall–Kier alpha value is -2.29. The van der Waals surface area contributed by atoms with Gasteiger partial charge in [0, 0.05) is 41.0 Å². The van der Waals surface area contributed by atoms with Crippen LogP contribution in [-0.4, -0.2) is 40.0 Å². The Balaban J connectivity index is 2.13. The molecule has 2 rings (SSSR count). The van der Waals surface area contributed by atoms with Gasteiger partial charge >= 0.3 is 0 Å². The van der Waals surface area contributed by atoms with E-state index in [1.807, 2.05) is 13.8 Å². The minimum absolute atomic E-state index is 0.0229. The maximum Gasteiger partial charge on any atom is 0.269 e. The summed E-state index contributed by atoms with van der Waals surface area (Å²) < 4.78 is 0. The van der Waals surface area contributed by atoms with Crippen LogP contribution in [0.2, 0.25) is 10.0 Å². The minimum Gasteiger partial charge on any atom is -0.354 e. The van der Waals surface area contributed by atoms with Crippen molar-refractivity contribution < 1.29 is 14.5 Å². The Morgan fingerprint density at radius 3 is 2.42 bits per heavy atom. The van der Waals surface area contributed by atoms with Gasteiger partial charge in [0.1, 0.15) is 6.04 Å². The molecule has 0 heterocycles. The van der Waals surface area contributed by atoms with Crippen molar-refractivity contribution >= 4 is 52.5 Å². The van der Waals surface area contributed by atoms with Gasteiger partial charge in [0.05, 0.1) is 10.7 Å². The zero-order valence-electron chi connectivity index (χ0n) is 18.6. The standard InChI is InChI=1S/C23H27Cl2N3O4S/c1-3-11-26-23(30)21(4-2)27(13-17-7-8-18(24)12-20(17)25)22(29)15-33-14-16-5-9-19(10-6-16)28(31)32/h5-10,12,21H,3-4,11,13-15H2,1-2H3,(H,26,30)/t21-/m0/s1. The first-order chi connectivity index (χ1) is 15.8. The summed E-state index contributed by atoms with van der Waals surface area (Å²) in [5.74, 6) is 0.280. The van der Waals surface area contributed by atoms with E-state index in [2.05, 4.69) is 5.32 Å². The van der Waals surface area contributed by atoms with Gasteiger partial charge in [0.15, 0.2) is 0 Å². The van der Waals surface area contributed by atoms with E-state index in [0.29, 0.717) is 34.3 Å². The SMILES string of the molecule is CCCNC(=O)[C@H](CC)N(Cc1ccc(Cl)cc1Cl)C(=O)CSCc1ccc([N+](=O)[O-])cc1. The lowest BCUT2D eigenvalue weighted by Crippen LogP contribution is -2.49. The fraction of sp³-hybridized carbons (Fsp3) is 0.391. The highest BCUT2D eigenvalue weighted by Crippen LogP contribution is 2.25. The number of nitro groups is 1. The van der Waals surface area contributed by atoms with Gasteiger partial charge in [-0.2, -0.15) is 0 Å². The molecule has 0 aliphatic rings. The predicted molar refractivity (Wildman–Crippen MR) is 134 cm³/mol. The highest BCUT2D eigenvalue weighted by molar-refractivity contribution is 7.99. The molecular weight excluding hydrogens is 485 g/mol. The molecule has 7 nitrogen and oxygen atoms in total. The highest BCUT2D eigenvalue weighted by atomic mass is 35.5. The van der Waals surface area contributed by atoms with E-state index in [-0.39, 0.29) is 29.8 Å². The Kier molecular flexibility index (Phi) is 11.0. The number of thioether (sulfide) groups is 1. The summed E-state index contributed by atoms with van der Waals surface area (Å²) >= 11 is 13.7. The van der Waals surface area contributed by atoms with Crippen molar-refractivity contribution in [2.24, 2.45) is 0 Å². The molecule has 0 bridgehead atoms. The largest absolute Gasteiger partial charge is 0.354 e. The molecule has 2 aromatic carbocycles. The number of nitrogens with zero attached hydrogens (tertiary/aromatic N) is 2. The number of amides is 2. The van der Waals surface area contributed by atoms with E-state index >= 15 is 0 Å². The summed E-state index contributed by atoms with van der Waals surface area (Å²) in [5.41, 5.74) is 1.60. The molecule has 178 valence electrons. The molecule has 2 amide bonds. The Bertz CT molecular complexity index is 973. The first kappa shape index (κ1) is 27.0. The summed E-state index contributed by atoms with van der Waals surface area (Å²) in [5, 5.41) is 14.6. The van der Waals surface area contributed by atoms with Gasteiger partial charge < -0.3 is 10.2 Å². The summed E-state index contributed by atoms with van der Waals surface area (Å²) in [6.45, 7) is 4.55. The summed E-state index contributed by atoms with van der Waals surface area (Å²) in [7, 11) is 0. The van der Waals surface area contributed by atoms with Crippen LogP contribution < -0.4 is 5.32 Å². The number of carbonyl (C=O) groups excluding carboxylic acids is 2. The average Bonchev–Trinajstić information content (AvgIpc) is 2.79. The number of benzene rings is 2. The quantitative estimate of drug-likeness (QED) is 0.301. The normalized spacial score (nSPS) is 11.6. The molecule has 0 aliphatic heterocycles. The van der Waals surface area contributed by atoms with Crippen molar-refractivity contribution in [3.63, 3.8) is 0 Å². The summed E-state index contributed by atoms with van der Waals surface area (Å²) in [4.78, 5) is 37.9. The Morgan fingerprint density at radius 1 is 1.15 bits per heavy atom. The first-order valence-corrected chi connectivity index (χ1v) is 12.5. The van der Waals surface area contributed by atoms with Crippen molar-refractivity contribution in [3.05, 3.63) is 73.8 Å². The lowest BCUT2D eigenvalue weighted by atomic mass is 10.1. The van der Waals surface area contributed by atoms with Crippen LogP contribution in [0.5, 0.6) is 0 Å². The number of halogens is 2. The van der Waals surface area contributed by atoms with Crippen LogP contribution in [0.3, 0.4) is 0 Å². The summed E-state index contributed by atoms with van der Waals surface area (Å²) in [6.07, 6.45) is 1.25. The van der Waals surface area contributed by atoms with Gasteiger partial charge in [-0.25, -0.2) is 0 Å². The molecule has 0 saturated heterocycles. The highest BCUT2D eigenvalue weighted by Gasteiger charge is 2.28. The van der Waals surface area contributed by atoms with Gasteiger partial charge in [0.25, 0.3) is 5.69 Å². The van der Waals surface area contributed by atoms with E-state index in [0.717, 1.165) is 12.0 Å². The zero-order chi connectivity index (χ0) is 24.4. The zero-order valence-corrected chi connectivity index (χ0v) is 20.9. The van der Waals surface area contributed by atoms with Gasteiger partial charge in [-0.15, -0.1) is 11.8 Å². The molecule has 33 heavy (non-hydrogen) atoms. The molecule has 0 aliphatic carbocycles. The van der Waals surface area contributed by atoms with Crippen LogP contribution in [-0.2, 0) is 21.9 Å². The fourth-order valence-electron chi connectivity index (χ4n) is 3.17. The number of nitro benzene ring substituents is 1. The van der Waals surface area contributed by atoms with Gasteiger partial charge in [0.2, 0.25) is 11.8 Å². The second-order valence-corrected chi connectivity index (χ2v) is 9.22. The molecule has 0 saturated carbocycles. The average molecular weight is 512 g/mol. The number of carbonyl (C=O) groups is 2. The smallest absolute Gasteiger partial charge is 0.269 e. The molecule has 1 atom stereocenters. The topological polar surface area (TPSA) is 92.6 Å². The third-order valence-electron chi connectivity index (χ3n) is 4.93. The molecule has 0 fully saturated rings. The molecule has 0 aromatic heterocycles. The monoisotopic (exact) mass is 511 g/mol. The number of non-ortho nitro benzene ring substituents is 1. The molecule has 2 aromatic rings. The van der Waals surface area contributed by atoms with Crippen LogP contribution >= 0.6 is 35.0 Å². The predicted octanol–water partition coefficient (Wildman–Crippen LogP) is 5.47. The van der Waals surface area contributed by atoms with Gasteiger partial charge in [-0.1, -0.05) is 55.2 Å². The fourth-order valence-corrected chi connectivity index (χ4v) is 4.51. The van der Waals surface area contributed by atoms with Crippen LogP contribution in [0.15, 0.2) is 42.5 Å². The van der Waals surface area contributed by atoms with E-state index < -0.39 is 11.0 Å². The second-order valence-electron chi connectivity index (χ2n) is 7.39. The van der Waals surface area contributed by atoms with Crippen molar-refractivity contribution in [1.29, 1.82) is 0 Å². The van der Waals surface area contributed by atoms with Crippen LogP contribution in [0, 0.1) is 10.1 Å². The van der Waals surface area contributed by atoms with E-state index in [1.54, 1.807) is 35.2 Å². The maximum absolute atomic E-state index is 13.2. The van der Waals surface area contributed by atoms with Crippen molar-refractivity contribution in [2.75, 3.05) is 12.3 Å². The third-order valence-corrected chi connectivity index (χ3v) is 6.51. The first-order valence-electron chi connectivity index (χ1n) is 10.6. The van der Waals surface area contributed by atoms with E-state index in [9.17, 15) is 19.7 Å². The molecule has 0 unspecified atom stereocenters.